The van der Waals surface area contributed by atoms with Crippen LogP contribution in [0.5, 0.6) is 0 Å². The van der Waals surface area contributed by atoms with Gasteiger partial charge >= 0.3 is 0 Å². The van der Waals surface area contributed by atoms with Gasteiger partial charge in [0.05, 0.1) is 16.8 Å². The molecule has 1 fully saturated rings. The summed E-state index contributed by atoms with van der Waals surface area (Å²) < 4.78 is 0. The highest BCUT2D eigenvalue weighted by Crippen LogP contribution is 2.26. The summed E-state index contributed by atoms with van der Waals surface area (Å²) in [4.78, 5) is 6.94. The molecule has 16 heavy (non-hydrogen) atoms. The highest BCUT2D eigenvalue weighted by molar-refractivity contribution is 7.09. The van der Waals surface area contributed by atoms with E-state index in [9.17, 15) is 5.11 Å². The summed E-state index contributed by atoms with van der Waals surface area (Å²) in [6.45, 7) is 9.23. The Morgan fingerprint density at radius 2 is 2.31 bits per heavy atom. The largest absolute Gasteiger partial charge is 0.392 e. The third-order valence-electron chi connectivity index (χ3n) is 2.83. The van der Waals surface area contributed by atoms with Gasteiger partial charge in [0.2, 0.25) is 0 Å². The van der Waals surface area contributed by atoms with Crippen molar-refractivity contribution in [3.05, 3.63) is 16.1 Å². The van der Waals surface area contributed by atoms with Crippen molar-refractivity contribution < 1.29 is 5.11 Å². The predicted octanol–water partition coefficient (Wildman–Crippen LogP) is 2.01. The van der Waals surface area contributed by atoms with Crippen LogP contribution in [0.2, 0.25) is 0 Å². The second kappa shape index (κ2) is 4.43. The molecule has 1 N–H and O–H groups in total. The van der Waals surface area contributed by atoms with Crippen molar-refractivity contribution in [1.29, 1.82) is 0 Å². The monoisotopic (exact) mass is 240 g/mol. The number of aliphatic hydroxyl groups is 1. The third-order valence-corrected chi connectivity index (χ3v) is 4.14. The molecule has 2 rings (SSSR count). The van der Waals surface area contributed by atoms with Gasteiger partial charge in [0.1, 0.15) is 0 Å². The Bertz CT molecular complexity index is 356. The lowest BCUT2D eigenvalue weighted by molar-refractivity contribution is 0.174. The van der Waals surface area contributed by atoms with Gasteiger partial charge in [-0.25, -0.2) is 4.98 Å². The molecule has 0 amide bonds. The van der Waals surface area contributed by atoms with Crippen LogP contribution >= 0.6 is 11.3 Å². The van der Waals surface area contributed by atoms with Gasteiger partial charge in [-0.15, -0.1) is 11.3 Å². The molecule has 0 radical (unpaired) electrons. The van der Waals surface area contributed by atoms with Gasteiger partial charge in [0, 0.05) is 30.4 Å². The number of thiazole rings is 1. The van der Waals surface area contributed by atoms with Gasteiger partial charge in [-0.05, 0) is 6.42 Å². The molecule has 90 valence electrons. The lowest BCUT2D eigenvalue weighted by atomic mass is 9.98. The average Bonchev–Trinajstić information content (AvgIpc) is 2.74. The Hall–Kier alpha value is -0.450. The Labute approximate surface area is 101 Å². The second-order valence-corrected chi connectivity index (χ2v) is 6.43. The zero-order valence-corrected chi connectivity index (χ0v) is 11.0. The van der Waals surface area contributed by atoms with Crippen LogP contribution in [0.15, 0.2) is 5.38 Å². The number of hydrogen-bond donors (Lipinski definition) is 1. The van der Waals surface area contributed by atoms with Crippen molar-refractivity contribution in [3.63, 3.8) is 0 Å². The van der Waals surface area contributed by atoms with Gasteiger partial charge in [-0.1, -0.05) is 20.8 Å². The van der Waals surface area contributed by atoms with Gasteiger partial charge in [0.25, 0.3) is 0 Å². The lowest BCUT2D eigenvalue weighted by Crippen LogP contribution is -2.21. The van der Waals surface area contributed by atoms with Crippen LogP contribution in [-0.2, 0) is 12.0 Å². The molecule has 0 saturated carbocycles. The molecular weight excluding hydrogens is 220 g/mol. The van der Waals surface area contributed by atoms with E-state index in [4.69, 9.17) is 0 Å². The van der Waals surface area contributed by atoms with E-state index in [1.165, 1.54) is 5.01 Å². The van der Waals surface area contributed by atoms with Crippen LogP contribution in [0, 0.1) is 0 Å². The summed E-state index contributed by atoms with van der Waals surface area (Å²) in [5, 5.41) is 12.8. The molecule has 0 aliphatic carbocycles. The average molecular weight is 240 g/mol. The molecule has 1 aromatic heterocycles. The maximum absolute atomic E-state index is 9.45. The SMILES string of the molecule is CC(C)(C)c1nc(CN2CC[C@@H](O)C2)cs1. The number of aliphatic hydroxyl groups excluding tert-OH is 1. The van der Waals surface area contributed by atoms with E-state index in [1.54, 1.807) is 11.3 Å². The van der Waals surface area contributed by atoms with E-state index in [2.05, 4.69) is 36.0 Å². The van der Waals surface area contributed by atoms with Gasteiger partial charge in [0.15, 0.2) is 0 Å². The maximum atomic E-state index is 9.45. The van der Waals surface area contributed by atoms with Crippen LogP contribution < -0.4 is 0 Å². The summed E-state index contributed by atoms with van der Waals surface area (Å²) in [6.07, 6.45) is 0.761. The number of hydrogen-bond acceptors (Lipinski definition) is 4. The van der Waals surface area contributed by atoms with Crippen molar-refractivity contribution in [2.24, 2.45) is 0 Å². The summed E-state index contributed by atoms with van der Waals surface area (Å²) in [5.41, 5.74) is 1.29. The quantitative estimate of drug-likeness (QED) is 0.859. The van der Waals surface area contributed by atoms with Crippen molar-refractivity contribution in [2.45, 2.75) is 45.3 Å². The normalized spacial score (nSPS) is 22.9. The second-order valence-electron chi connectivity index (χ2n) is 5.57. The molecule has 2 heterocycles. The molecule has 0 aromatic carbocycles. The first-order valence-corrected chi connectivity index (χ1v) is 6.68. The number of likely N-dealkylation sites (tertiary alicyclic amines) is 1. The molecule has 1 saturated heterocycles. The van der Waals surface area contributed by atoms with Crippen molar-refractivity contribution in [2.75, 3.05) is 13.1 Å². The van der Waals surface area contributed by atoms with Crippen LogP contribution in [-0.4, -0.2) is 34.2 Å². The first kappa shape index (κ1) is 12.0. The van der Waals surface area contributed by atoms with Crippen molar-refractivity contribution in [3.8, 4) is 0 Å². The summed E-state index contributed by atoms with van der Waals surface area (Å²) in [6, 6.07) is 0. The summed E-state index contributed by atoms with van der Waals surface area (Å²) >= 11 is 1.74. The number of aromatic nitrogens is 1. The number of β-amino-alcohol motifs (C(OH)–C–C–N with tert-alkyl or cyclic N) is 1. The minimum atomic E-state index is -0.138. The molecule has 1 aliphatic heterocycles. The van der Waals surface area contributed by atoms with Gasteiger partial charge in [-0.3, -0.25) is 4.90 Å². The first-order valence-electron chi connectivity index (χ1n) is 5.80. The molecule has 0 spiro atoms. The smallest absolute Gasteiger partial charge is 0.0982 e. The van der Waals surface area contributed by atoms with E-state index in [0.29, 0.717) is 0 Å². The van der Waals surface area contributed by atoms with E-state index >= 15 is 0 Å². The number of rotatable bonds is 2. The predicted molar refractivity (Wildman–Crippen MR) is 66.7 cm³/mol. The van der Waals surface area contributed by atoms with E-state index in [-0.39, 0.29) is 11.5 Å². The Kier molecular flexibility index (Phi) is 3.33. The maximum Gasteiger partial charge on any atom is 0.0982 e. The van der Waals surface area contributed by atoms with E-state index in [0.717, 1.165) is 31.7 Å². The molecule has 4 heteroatoms. The molecular formula is C12H20N2OS. The van der Waals surface area contributed by atoms with Crippen LogP contribution in [0.3, 0.4) is 0 Å². The van der Waals surface area contributed by atoms with Crippen LogP contribution in [0.4, 0.5) is 0 Å². The van der Waals surface area contributed by atoms with Gasteiger partial charge in [-0.2, -0.15) is 0 Å². The van der Waals surface area contributed by atoms with E-state index < -0.39 is 0 Å². The summed E-state index contributed by atoms with van der Waals surface area (Å²) in [5.74, 6) is 0. The number of nitrogens with zero attached hydrogens (tertiary/aromatic N) is 2. The molecule has 1 aliphatic rings. The topological polar surface area (TPSA) is 36.4 Å². The molecule has 3 nitrogen and oxygen atoms in total. The fourth-order valence-corrected chi connectivity index (χ4v) is 2.81. The third kappa shape index (κ3) is 2.81. The molecule has 0 unspecified atom stereocenters. The van der Waals surface area contributed by atoms with Crippen LogP contribution in [0.25, 0.3) is 0 Å². The van der Waals surface area contributed by atoms with Crippen molar-refractivity contribution >= 4 is 11.3 Å². The first-order chi connectivity index (χ1) is 7.45. The van der Waals surface area contributed by atoms with Crippen molar-refractivity contribution in [1.82, 2.24) is 9.88 Å². The zero-order valence-electron chi connectivity index (χ0n) is 10.2. The Morgan fingerprint density at radius 3 is 2.81 bits per heavy atom. The molecule has 1 atom stereocenters. The lowest BCUT2D eigenvalue weighted by Gasteiger charge is -2.15. The highest BCUT2D eigenvalue weighted by Gasteiger charge is 2.22. The van der Waals surface area contributed by atoms with E-state index in [1.807, 2.05) is 0 Å². The Morgan fingerprint density at radius 1 is 1.56 bits per heavy atom. The fourth-order valence-electron chi connectivity index (χ4n) is 1.91. The Balaban J connectivity index is 1.98. The minimum Gasteiger partial charge on any atom is -0.392 e. The van der Waals surface area contributed by atoms with Gasteiger partial charge < -0.3 is 5.11 Å². The molecule has 1 aromatic rings. The van der Waals surface area contributed by atoms with Crippen LogP contribution in [0.1, 0.15) is 37.9 Å². The molecule has 0 bridgehead atoms. The fraction of sp³-hybridized carbons (Fsp3) is 0.750. The standard InChI is InChI=1S/C12H20N2OS/c1-12(2,3)11-13-9(8-16-11)6-14-5-4-10(15)7-14/h8,10,15H,4-7H2,1-3H3/t10-/m1/s1. The zero-order chi connectivity index (χ0) is 11.8. The minimum absolute atomic E-state index is 0.138. The highest BCUT2D eigenvalue weighted by atomic mass is 32.1. The summed E-state index contributed by atoms with van der Waals surface area (Å²) in [7, 11) is 0.